The Morgan fingerprint density at radius 1 is 1.57 bits per heavy atom. The first-order chi connectivity index (χ1) is 9.98. The Morgan fingerprint density at radius 3 is 2.71 bits per heavy atom. The number of nitrogens with zero attached hydrogens (tertiary/aromatic N) is 3. The minimum absolute atomic E-state index is 0.0501. The smallest absolute Gasteiger partial charge is 0.280 e. The number of aliphatic hydroxyl groups excluding tert-OH is 1. The van der Waals surface area contributed by atoms with Crippen molar-refractivity contribution >= 4 is 36.7 Å². The van der Waals surface area contributed by atoms with Crippen LogP contribution in [0, 0.1) is 0 Å². The number of aromatic amines is 1. The van der Waals surface area contributed by atoms with Crippen molar-refractivity contribution in [2.24, 2.45) is 4.99 Å². The highest BCUT2D eigenvalue weighted by molar-refractivity contribution is 5.70. The van der Waals surface area contributed by atoms with Crippen molar-refractivity contribution in [3.63, 3.8) is 0 Å². The van der Waals surface area contributed by atoms with E-state index >= 15 is 0 Å². The Bertz CT molecular complexity index is 587. The van der Waals surface area contributed by atoms with Gasteiger partial charge in [-0.2, -0.15) is 4.98 Å². The number of aromatic nitrogens is 2. The summed E-state index contributed by atoms with van der Waals surface area (Å²) in [6.07, 6.45) is -1.75. The molecule has 10 heteroatoms. The van der Waals surface area contributed by atoms with Gasteiger partial charge in [0.15, 0.2) is 30.3 Å². The third-order valence-electron chi connectivity index (χ3n) is 2.53. The number of aldehydes is 2. The first-order valence-corrected chi connectivity index (χ1v) is 5.74. The van der Waals surface area contributed by atoms with Gasteiger partial charge in [-0.25, -0.2) is 0 Å². The molecule has 0 radical (unpaired) electrons. The summed E-state index contributed by atoms with van der Waals surface area (Å²) in [6.45, 7) is 2.64. The number of aliphatic imine (C=N–C) groups is 1. The van der Waals surface area contributed by atoms with Crippen LogP contribution >= 0.6 is 0 Å². The van der Waals surface area contributed by atoms with Crippen molar-refractivity contribution in [3.05, 3.63) is 10.4 Å². The number of nitrogen functional groups attached to an aromatic ring is 1. The van der Waals surface area contributed by atoms with E-state index in [0.29, 0.717) is 12.6 Å². The summed E-state index contributed by atoms with van der Waals surface area (Å²) >= 11 is 0. The van der Waals surface area contributed by atoms with Gasteiger partial charge in [-0.1, -0.05) is 0 Å². The summed E-state index contributed by atoms with van der Waals surface area (Å²) in [5, 5.41) is 8.90. The molecule has 0 saturated carbocycles. The molecule has 10 nitrogen and oxygen atoms in total. The SMILES string of the molecule is C=Nc1c(N(C)[C@@H](C=O)O[C@@H](C=O)CO)nc(N)[nH]c1=O. The van der Waals surface area contributed by atoms with E-state index in [1.54, 1.807) is 0 Å². The zero-order chi connectivity index (χ0) is 16.0. The van der Waals surface area contributed by atoms with Crippen LogP contribution in [-0.2, 0) is 14.3 Å². The topological polar surface area (TPSA) is 151 Å². The molecule has 1 heterocycles. The van der Waals surface area contributed by atoms with Crippen LogP contribution in [-0.4, -0.2) is 60.4 Å². The van der Waals surface area contributed by atoms with Crippen molar-refractivity contribution in [1.29, 1.82) is 0 Å². The van der Waals surface area contributed by atoms with E-state index < -0.39 is 24.5 Å². The van der Waals surface area contributed by atoms with E-state index in [1.807, 2.05) is 0 Å². The number of nitrogens with one attached hydrogen (secondary N) is 1. The van der Waals surface area contributed by atoms with Crippen LogP contribution < -0.4 is 16.2 Å². The number of nitrogens with two attached hydrogens (primary N) is 1. The largest absolute Gasteiger partial charge is 0.393 e. The average molecular weight is 297 g/mol. The predicted octanol–water partition coefficient (Wildman–Crippen LogP) is -1.78. The van der Waals surface area contributed by atoms with Gasteiger partial charge in [-0.15, -0.1) is 0 Å². The lowest BCUT2D eigenvalue weighted by Crippen LogP contribution is -2.41. The van der Waals surface area contributed by atoms with Gasteiger partial charge in [0.2, 0.25) is 5.95 Å². The summed E-state index contributed by atoms with van der Waals surface area (Å²) in [7, 11) is 1.38. The van der Waals surface area contributed by atoms with Crippen molar-refractivity contribution < 1.29 is 19.4 Å². The Balaban J connectivity index is 3.18. The second-order valence-electron chi connectivity index (χ2n) is 3.91. The standard InChI is InChI=1S/C11H15N5O5/c1-13-8-9(14-11(12)15-10(8)20)16(2)7(5-19)21-6(3-17)4-18/h3,5-7,18H,1,4H2,2H3,(H3,12,14,15,20)/t6-,7+/m0/s1. The molecule has 0 bridgehead atoms. The Labute approximate surface area is 119 Å². The fourth-order valence-corrected chi connectivity index (χ4v) is 1.49. The molecule has 1 aromatic heterocycles. The maximum atomic E-state index is 11.7. The summed E-state index contributed by atoms with van der Waals surface area (Å²) < 4.78 is 5.08. The van der Waals surface area contributed by atoms with Gasteiger partial charge < -0.3 is 25.3 Å². The van der Waals surface area contributed by atoms with E-state index in [0.717, 1.165) is 4.90 Å². The second kappa shape index (κ2) is 7.26. The zero-order valence-corrected chi connectivity index (χ0v) is 11.2. The van der Waals surface area contributed by atoms with Crippen LogP contribution in [0.3, 0.4) is 0 Å². The molecule has 0 aliphatic carbocycles. The first-order valence-electron chi connectivity index (χ1n) is 5.74. The normalized spacial score (nSPS) is 13.2. The minimum atomic E-state index is -1.28. The molecule has 21 heavy (non-hydrogen) atoms. The number of H-pyrrole nitrogens is 1. The van der Waals surface area contributed by atoms with E-state index in [1.165, 1.54) is 7.05 Å². The Kier molecular flexibility index (Phi) is 5.69. The number of likely N-dealkylation sites (N-methyl/N-ethyl adjacent to an activating group) is 1. The number of hydrogen-bond donors (Lipinski definition) is 3. The van der Waals surface area contributed by atoms with Crippen LogP contribution in [0.15, 0.2) is 9.79 Å². The lowest BCUT2D eigenvalue weighted by Gasteiger charge is -2.27. The fourth-order valence-electron chi connectivity index (χ4n) is 1.49. The van der Waals surface area contributed by atoms with E-state index in [-0.39, 0.29) is 17.5 Å². The number of ether oxygens (including phenoxy) is 1. The van der Waals surface area contributed by atoms with Crippen molar-refractivity contribution in [1.82, 2.24) is 9.97 Å². The molecule has 0 spiro atoms. The molecule has 114 valence electrons. The monoisotopic (exact) mass is 297 g/mol. The minimum Gasteiger partial charge on any atom is -0.393 e. The summed E-state index contributed by atoms with van der Waals surface area (Å²) in [4.78, 5) is 44.2. The summed E-state index contributed by atoms with van der Waals surface area (Å²) in [5.41, 5.74) is 4.64. The molecular formula is C11H15N5O5. The molecule has 1 aromatic rings. The third-order valence-corrected chi connectivity index (χ3v) is 2.53. The van der Waals surface area contributed by atoms with Gasteiger partial charge in [0.05, 0.1) is 6.61 Å². The van der Waals surface area contributed by atoms with E-state index in [9.17, 15) is 14.4 Å². The quantitative estimate of drug-likeness (QED) is 0.289. The Morgan fingerprint density at radius 2 is 2.24 bits per heavy atom. The Hall–Kier alpha value is -2.59. The van der Waals surface area contributed by atoms with Gasteiger partial charge >= 0.3 is 0 Å². The molecule has 0 amide bonds. The number of hydrogen-bond acceptors (Lipinski definition) is 9. The molecule has 4 N–H and O–H groups in total. The van der Waals surface area contributed by atoms with E-state index in [4.69, 9.17) is 15.6 Å². The summed E-state index contributed by atoms with van der Waals surface area (Å²) in [6, 6.07) is 0. The third kappa shape index (κ3) is 3.70. The maximum absolute atomic E-state index is 11.7. The van der Waals surface area contributed by atoms with Crippen LogP contribution in [0.4, 0.5) is 17.5 Å². The van der Waals surface area contributed by atoms with Crippen molar-refractivity contribution in [2.45, 2.75) is 12.3 Å². The summed E-state index contributed by atoms with van der Waals surface area (Å²) in [5.74, 6) is -0.237. The molecule has 0 unspecified atom stereocenters. The number of carbonyl (C=O) groups excluding carboxylic acids is 2. The van der Waals surface area contributed by atoms with Crippen LogP contribution in [0.25, 0.3) is 0 Å². The average Bonchev–Trinajstić information content (AvgIpc) is 2.47. The van der Waals surface area contributed by atoms with E-state index in [2.05, 4.69) is 21.7 Å². The number of aliphatic hydroxyl groups is 1. The van der Waals surface area contributed by atoms with Gasteiger partial charge in [-0.05, 0) is 6.72 Å². The lowest BCUT2D eigenvalue weighted by molar-refractivity contribution is -0.132. The molecular weight excluding hydrogens is 282 g/mol. The van der Waals surface area contributed by atoms with Gasteiger partial charge in [0, 0.05) is 7.05 Å². The first kappa shape index (κ1) is 16.5. The molecule has 0 aliphatic heterocycles. The zero-order valence-electron chi connectivity index (χ0n) is 11.2. The predicted molar refractivity (Wildman–Crippen MR) is 74.8 cm³/mol. The molecule has 2 atom stereocenters. The van der Waals surface area contributed by atoms with Gasteiger partial charge in [-0.3, -0.25) is 19.6 Å². The number of anilines is 2. The molecule has 0 aromatic carbocycles. The van der Waals surface area contributed by atoms with Gasteiger partial charge in [0.1, 0.15) is 6.10 Å². The highest BCUT2D eigenvalue weighted by Crippen LogP contribution is 2.23. The second-order valence-corrected chi connectivity index (χ2v) is 3.91. The van der Waals surface area contributed by atoms with Crippen molar-refractivity contribution in [3.8, 4) is 0 Å². The van der Waals surface area contributed by atoms with Gasteiger partial charge in [0.25, 0.3) is 5.56 Å². The molecule has 0 saturated heterocycles. The van der Waals surface area contributed by atoms with Crippen molar-refractivity contribution in [2.75, 3.05) is 24.3 Å². The molecule has 0 fully saturated rings. The highest BCUT2D eigenvalue weighted by atomic mass is 16.5. The molecule has 0 aliphatic rings. The highest BCUT2D eigenvalue weighted by Gasteiger charge is 2.24. The fraction of sp³-hybridized carbons (Fsp3) is 0.364. The van der Waals surface area contributed by atoms with Crippen LogP contribution in [0.5, 0.6) is 0 Å². The lowest BCUT2D eigenvalue weighted by atomic mass is 10.4. The van der Waals surface area contributed by atoms with Crippen LogP contribution in [0.1, 0.15) is 0 Å². The number of rotatable bonds is 8. The maximum Gasteiger partial charge on any atom is 0.280 e. The van der Waals surface area contributed by atoms with Crippen LogP contribution in [0.2, 0.25) is 0 Å². The number of carbonyl (C=O) groups is 2. The molecule has 1 rings (SSSR count).